The molecule has 4 aromatic rings. The van der Waals surface area contributed by atoms with Crippen LogP contribution in [0.5, 0.6) is 5.75 Å². The van der Waals surface area contributed by atoms with E-state index in [2.05, 4.69) is 39.7 Å². The summed E-state index contributed by atoms with van der Waals surface area (Å²) in [4.78, 5) is 6.57. The van der Waals surface area contributed by atoms with Crippen molar-refractivity contribution in [2.45, 2.75) is 19.9 Å². The molecule has 0 saturated carbocycles. The van der Waals surface area contributed by atoms with Crippen molar-refractivity contribution in [3.05, 3.63) is 101 Å². The van der Waals surface area contributed by atoms with Crippen molar-refractivity contribution >= 4 is 28.6 Å². The van der Waals surface area contributed by atoms with E-state index in [0.717, 1.165) is 33.8 Å². The van der Waals surface area contributed by atoms with Gasteiger partial charge < -0.3 is 14.6 Å². The minimum atomic E-state index is -0.364. The van der Waals surface area contributed by atoms with E-state index >= 15 is 0 Å². The van der Waals surface area contributed by atoms with Crippen molar-refractivity contribution in [2.24, 2.45) is 0 Å². The number of halogens is 1. The summed E-state index contributed by atoms with van der Waals surface area (Å²) < 4.78 is 24.8. The molecule has 2 heterocycles. The molecule has 0 bridgehead atoms. The Hall–Kier alpha value is -4.04. The highest BCUT2D eigenvalue weighted by atomic mass is 32.1. The van der Waals surface area contributed by atoms with Gasteiger partial charge in [-0.05, 0) is 68.0 Å². The smallest absolute Gasteiger partial charge is 0.258 e. The molecule has 1 N–H and O–H groups in total. The summed E-state index contributed by atoms with van der Waals surface area (Å²) in [6.07, 6.45) is 0. The molecular formula is C27H23FN4O2S. The van der Waals surface area contributed by atoms with Crippen molar-refractivity contribution in [3.8, 4) is 17.1 Å². The maximum absolute atomic E-state index is 13.8. The zero-order valence-electron chi connectivity index (χ0n) is 19.4. The number of thiocarbonyl (C=S) groups is 1. The SMILES string of the molecule is COc1ccc(N2C(=S)NC(c3ccc(C)cc3)C(c3nc(-c4cccc(F)c4)no3)=C2C)cc1. The Morgan fingerprint density at radius 2 is 1.77 bits per heavy atom. The van der Waals surface area contributed by atoms with E-state index in [0.29, 0.717) is 22.4 Å². The molecule has 3 aromatic carbocycles. The summed E-state index contributed by atoms with van der Waals surface area (Å²) in [6.45, 7) is 4.01. The number of anilines is 1. The van der Waals surface area contributed by atoms with Crippen LogP contribution in [0.25, 0.3) is 17.0 Å². The second kappa shape index (κ2) is 9.31. The van der Waals surface area contributed by atoms with Gasteiger partial charge in [0, 0.05) is 16.9 Å². The second-order valence-electron chi connectivity index (χ2n) is 8.26. The summed E-state index contributed by atoms with van der Waals surface area (Å²) in [5.74, 6) is 1.03. The predicted octanol–water partition coefficient (Wildman–Crippen LogP) is 6.06. The lowest BCUT2D eigenvalue weighted by Crippen LogP contribution is -2.46. The molecule has 1 aliphatic rings. The number of nitrogens with one attached hydrogen (secondary N) is 1. The van der Waals surface area contributed by atoms with Crippen LogP contribution in [-0.4, -0.2) is 22.4 Å². The minimum absolute atomic E-state index is 0.307. The van der Waals surface area contributed by atoms with Crippen LogP contribution in [0.4, 0.5) is 10.1 Å². The number of hydrogen-bond donors (Lipinski definition) is 1. The van der Waals surface area contributed by atoms with Gasteiger partial charge in [0.2, 0.25) is 5.82 Å². The number of benzene rings is 3. The average Bonchev–Trinajstić information content (AvgIpc) is 3.34. The summed E-state index contributed by atoms with van der Waals surface area (Å²) in [5.41, 5.74) is 5.20. The molecule has 0 amide bonds. The monoisotopic (exact) mass is 486 g/mol. The Kier molecular flexibility index (Phi) is 6.05. The first kappa shape index (κ1) is 22.7. The molecule has 0 fully saturated rings. The van der Waals surface area contributed by atoms with Gasteiger partial charge in [-0.1, -0.05) is 47.1 Å². The first-order valence-electron chi connectivity index (χ1n) is 11.1. The Morgan fingerprint density at radius 3 is 2.46 bits per heavy atom. The number of aryl methyl sites for hydroxylation is 1. The van der Waals surface area contributed by atoms with Crippen LogP contribution in [0.15, 0.2) is 83.0 Å². The van der Waals surface area contributed by atoms with Crippen LogP contribution in [-0.2, 0) is 0 Å². The van der Waals surface area contributed by atoms with Gasteiger partial charge in [-0.3, -0.25) is 4.90 Å². The maximum atomic E-state index is 13.8. The molecule has 1 unspecified atom stereocenters. The molecule has 0 radical (unpaired) electrons. The van der Waals surface area contributed by atoms with E-state index in [1.807, 2.05) is 43.0 Å². The summed E-state index contributed by atoms with van der Waals surface area (Å²) in [7, 11) is 1.63. The number of aromatic nitrogens is 2. The van der Waals surface area contributed by atoms with E-state index in [1.54, 1.807) is 19.2 Å². The number of nitrogens with zero attached hydrogens (tertiary/aromatic N) is 3. The zero-order chi connectivity index (χ0) is 24.5. The third-order valence-corrected chi connectivity index (χ3v) is 6.27. The van der Waals surface area contributed by atoms with Gasteiger partial charge in [0.15, 0.2) is 5.11 Å². The highest BCUT2D eigenvalue weighted by Crippen LogP contribution is 2.39. The first-order chi connectivity index (χ1) is 16.9. The highest BCUT2D eigenvalue weighted by molar-refractivity contribution is 7.80. The standard InChI is InChI=1S/C27H23FN4O2S/c1-16-7-9-18(10-8-16)24-23(26-30-25(31-34-26)19-5-4-6-20(28)15-19)17(2)32(27(35)29-24)21-11-13-22(33-3)14-12-21/h4-15,24H,1-3H3,(H,29,35). The van der Waals surface area contributed by atoms with E-state index in [4.69, 9.17) is 21.5 Å². The largest absolute Gasteiger partial charge is 0.497 e. The quantitative estimate of drug-likeness (QED) is 0.344. The third kappa shape index (κ3) is 4.40. The van der Waals surface area contributed by atoms with Crippen LogP contribution in [0.3, 0.4) is 0 Å². The summed E-state index contributed by atoms with van der Waals surface area (Å²) >= 11 is 5.79. The molecule has 8 heteroatoms. The molecule has 176 valence electrons. The number of ether oxygens (including phenoxy) is 1. The maximum Gasteiger partial charge on any atom is 0.258 e. The lowest BCUT2D eigenvalue weighted by Gasteiger charge is -2.37. The molecule has 6 nitrogen and oxygen atoms in total. The van der Waals surface area contributed by atoms with Gasteiger partial charge in [0.05, 0.1) is 18.7 Å². The molecule has 5 rings (SSSR count). The fraction of sp³-hybridized carbons (Fsp3) is 0.148. The minimum Gasteiger partial charge on any atom is -0.497 e. The lowest BCUT2D eigenvalue weighted by atomic mass is 9.94. The number of hydrogen-bond acceptors (Lipinski definition) is 5. The summed E-state index contributed by atoms with van der Waals surface area (Å²) in [5, 5.41) is 8.13. The van der Waals surface area contributed by atoms with Gasteiger partial charge in [0.25, 0.3) is 5.89 Å². The average molecular weight is 487 g/mol. The van der Waals surface area contributed by atoms with Gasteiger partial charge in [0.1, 0.15) is 11.6 Å². The molecular weight excluding hydrogens is 463 g/mol. The number of allylic oxidation sites excluding steroid dienone is 1. The topological polar surface area (TPSA) is 63.4 Å². The number of methoxy groups -OCH3 is 1. The molecule has 0 spiro atoms. The Balaban J connectivity index is 1.64. The normalized spacial score (nSPS) is 15.8. The van der Waals surface area contributed by atoms with Crippen LogP contribution >= 0.6 is 12.2 Å². The van der Waals surface area contributed by atoms with Gasteiger partial charge >= 0.3 is 0 Å². The van der Waals surface area contributed by atoms with Crippen molar-refractivity contribution in [2.75, 3.05) is 12.0 Å². The second-order valence-corrected chi connectivity index (χ2v) is 8.65. The fourth-order valence-corrected chi connectivity index (χ4v) is 4.51. The van der Waals surface area contributed by atoms with Gasteiger partial charge in [-0.15, -0.1) is 0 Å². The van der Waals surface area contributed by atoms with E-state index in [9.17, 15) is 4.39 Å². The zero-order valence-corrected chi connectivity index (χ0v) is 20.3. The number of rotatable bonds is 5. The molecule has 0 saturated heterocycles. The van der Waals surface area contributed by atoms with Crippen molar-refractivity contribution in [1.29, 1.82) is 0 Å². The van der Waals surface area contributed by atoms with E-state index in [1.165, 1.54) is 12.1 Å². The van der Waals surface area contributed by atoms with Crippen LogP contribution in [0, 0.1) is 12.7 Å². The molecule has 1 atom stereocenters. The van der Waals surface area contributed by atoms with E-state index in [-0.39, 0.29) is 11.9 Å². The molecule has 0 aliphatic carbocycles. The van der Waals surface area contributed by atoms with E-state index < -0.39 is 0 Å². The first-order valence-corrected chi connectivity index (χ1v) is 11.5. The molecule has 1 aromatic heterocycles. The predicted molar refractivity (Wildman–Crippen MR) is 137 cm³/mol. The van der Waals surface area contributed by atoms with Gasteiger partial charge in [-0.2, -0.15) is 4.98 Å². The van der Waals surface area contributed by atoms with Crippen molar-refractivity contribution in [3.63, 3.8) is 0 Å². The third-order valence-electron chi connectivity index (χ3n) is 5.97. The molecule has 1 aliphatic heterocycles. The van der Waals surface area contributed by atoms with Crippen molar-refractivity contribution < 1.29 is 13.7 Å². The fourth-order valence-electron chi connectivity index (χ4n) is 4.15. The van der Waals surface area contributed by atoms with Crippen LogP contribution < -0.4 is 15.0 Å². The lowest BCUT2D eigenvalue weighted by molar-refractivity contribution is 0.404. The highest BCUT2D eigenvalue weighted by Gasteiger charge is 2.34. The molecule has 35 heavy (non-hydrogen) atoms. The Labute approximate surface area is 208 Å². The summed E-state index contributed by atoms with van der Waals surface area (Å²) in [6, 6.07) is 21.7. The van der Waals surface area contributed by atoms with Crippen molar-refractivity contribution in [1.82, 2.24) is 15.5 Å². The van der Waals surface area contributed by atoms with Crippen LogP contribution in [0.1, 0.15) is 30.0 Å². The Morgan fingerprint density at radius 1 is 1.03 bits per heavy atom. The Bertz CT molecular complexity index is 1410. The van der Waals surface area contributed by atoms with Crippen LogP contribution in [0.2, 0.25) is 0 Å². The van der Waals surface area contributed by atoms with Gasteiger partial charge in [-0.25, -0.2) is 4.39 Å².